The van der Waals surface area contributed by atoms with Crippen LogP contribution in [0.4, 0.5) is 4.39 Å². The van der Waals surface area contributed by atoms with E-state index in [0.29, 0.717) is 12.0 Å². The van der Waals surface area contributed by atoms with Crippen LogP contribution in [-0.2, 0) is 51.2 Å². The lowest BCUT2D eigenvalue weighted by Crippen LogP contribution is -2.60. The van der Waals surface area contributed by atoms with Crippen molar-refractivity contribution in [1.82, 2.24) is 57.7 Å². The number of nitrogens with zero attached hydrogens (tertiary/aromatic N) is 1. The van der Waals surface area contributed by atoms with Crippen molar-refractivity contribution in [2.75, 3.05) is 26.2 Å². The van der Waals surface area contributed by atoms with E-state index < -0.39 is 102 Å². The van der Waals surface area contributed by atoms with Gasteiger partial charge in [0.25, 0.3) is 0 Å². The van der Waals surface area contributed by atoms with Crippen LogP contribution in [0.3, 0.4) is 0 Å². The molecule has 0 aliphatic carbocycles. The first-order valence-corrected chi connectivity index (χ1v) is 25.8. The fourth-order valence-electron chi connectivity index (χ4n) is 8.99. The molecule has 0 saturated carbocycles. The Kier molecular flexibility index (Phi) is 24.6. The molecule has 420 valence electrons. The molecule has 8 amide bonds. The van der Waals surface area contributed by atoms with Crippen LogP contribution in [0, 0.1) is 23.6 Å². The summed E-state index contributed by atoms with van der Waals surface area (Å²) >= 11 is 0. The second-order valence-corrected chi connectivity index (χ2v) is 19.1. The van der Waals surface area contributed by atoms with Crippen LogP contribution < -0.4 is 65.1 Å². The molecule has 2 aliphatic heterocycles. The van der Waals surface area contributed by atoms with Crippen LogP contribution in [0.1, 0.15) is 100 Å². The van der Waals surface area contributed by atoms with Crippen molar-refractivity contribution in [3.05, 3.63) is 89.2 Å². The minimum Gasteiger partial charge on any atom is -0.401 e. The van der Waals surface area contributed by atoms with Gasteiger partial charge in [0.1, 0.15) is 42.1 Å². The average molecular weight is 1070 g/mol. The number of nitrogens with one attached hydrogen (secondary N) is 12. The Balaban J connectivity index is 1.79. The summed E-state index contributed by atoms with van der Waals surface area (Å²) in [5.41, 5.74) is 19.5. The largest absolute Gasteiger partial charge is 0.401 e. The Morgan fingerprint density at radius 3 is 2.14 bits per heavy atom. The van der Waals surface area contributed by atoms with E-state index in [1.165, 1.54) is 30.0 Å². The molecule has 24 nitrogen and oxygen atoms in total. The second-order valence-electron chi connectivity index (χ2n) is 19.1. The molecule has 18 N–H and O–H groups in total. The summed E-state index contributed by atoms with van der Waals surface area (Å²) in [7, 11) is 0. The predicted molar refractivity (Wildman–Crippen MR) is 288 cm³/mol. The molecule has 0 bridgehead atoms. The van der Waals surface area contributed by atoms with E-state index in [0.717, 1.165) is 11.3 Å². The maximum atomic E-state index is 15.4. The van der Waals surface area contributed by atoms with E-state index >= 15 is 4.39 Å². The molecule has 2 saturated heterocycles. The zero-order valence-corrected chi connectivity index (χ0v) is 44.1. The van der Waals surface area contributed by atoms with Gasteiger partial charge in [0.2, 0.25) is 47.3 Å². The first-order chi connectivity index (χ1) is 36.7. The number of H-pyrrole nitrogens is 1. The highest BCUT2D eigenvalue weighted by Crippen LogP contribution is 2.22. The Labute approximate surface area is 448 Å². The third-order valence-electron chi connectivity index (χ3n) is 13.0. The van der Waals surface area contributed by atoms with E-state index in [-0.39, 0.29) is 114 Å². The molecule has 25 heteroatoms. The summed E-state index contributed by atoms with van der Waals surface area (Å²) in [6, 6.07) is -3.22. The Hall–Kier alpha value is -8.25. The van der Waals surface area contributed by atoms with E-state index in [2.05, 4.69) is 59.4 Å². The number of hydrogen-bond donors (Lipinski definition) is 15. The van der Waals surface area contributed by atoms with Crippen molar-refractivity contribution >= 4 is 65.3 Å². The van der Waals surface area contributed by atoms with Crippen molar-refractivity contribution in [3.63, 3.8) is 0 Å². The average Bonchev–Trinajstić information content (AvgIpc) is 4.02. The summed E-state index contributed by atoms with van der Waals surface area (Å²) in [6.07, 6.45) is 9.47. The van der Waals surface area contributed by atoms with Gasteiger partial charge in [0.05, 0.1) is 6.04 Å². The molecule has 2 fully saturated rings. The van der Waals surface area contributed by atoms with Gasteiger partial charge in [0.15, 0.2) is 11.9 Å². The zero-order chi connectivity index (χ0) is 56.6. The summed E-state index contributed by atoms with van der Waals surface area (Å²) in [5, 5.41) is 39.6. The number of carbonyl (C=O) groups excluding carboxylic acids is 8. The van der Waals surface area contributed by atoms with Crippen molar-refractivity contribution in [3.8, 4) is 0 Å². The van der Waals surface area contributed by atoms with Crippen molar-refractivity contribution < 1.29 is 42.7 Å². The number of guanidine groups is 2. The van der Waals surface area contributed by atoms with Crippen molar-refractivity contribution in [1.29, 1.82) is 10.8 Å². The molecule has 3 heterocycles. The topological polar surface area (TPSA) is 390 Å². The van der Waals surface area contributed by atoms with Gasteiger partial charge in [-0.05, 0) is 94.4 Å². The Bertz CT molecular complexity index is 2510. The minimum absolute atomic E-state index is 0.0389. The fourth-order valence-corrected chi connectivity index (χ4v) is 8.99. The minimum atomic E-state index is -1.55. The normalized spacial score (nSPS) is 21.9. The van der Waals surface area contributed by atoms with E-state index in [4.69, 9.17) is 28.0 Å². The van der Waals surface area contributed by atoms with Gasteiger partial charge in [-0.2, -0.15) is 0 Å². The number of carbonyl (C=O) groups is 8. The second kappa shape index (κ2) is 31.0. The van der Waals surface area contributed by atoms with Gasteiger partial charge < -0.3 is 74.9 Å². The summed E-state index contributed by atoms with van der Waals surface area (Å²) < 4.78 is 15.4. The number of nitrogens with two attached hydrogens (primary N) is 3. The molecule has 77 heavy (non-hydrogen) atoms. The first-order valence-electron chi connectivity index (χ1n) is 25.8. The lowest BCUT2D eigenvalue weighted by molar-refractivity contribution is -0.143. The van der Waals surface area contributed by atoms with Crippen molar-refractivity contribution in [2.24, 2.45) is 17.2 Å². The predicted octanol–water partition coefficient (Wildman–Crippen LogP) is -0.554. The van der Waals surface area contributed by atoms with E-state index in [1.807, 2.05) is 38.2 Å². The van der Waals surface area contributed by atoms with Gasteiger partial charge >= 0.3 is 0 Å². The number of allylic oxidation sites excluding steroid dienone is 3. The molecule has 1 aromatic heterocycles. The number of aromatic amines is 1. The SMILES string of the molecule is C=C(N)C1CCCNC(=O)CC[C@H](NC(=O)[C@H](CCCNC(=N)N)NC(C)=O)C(=O)N2CCC[C@H]2C(=O)N[C@H](Cc2ccccc2F)C(=O)N[C@@H](CCCNC(=N)N)C(=O)N[C@@H](Cc2c[nH]c(C)c2/C=C\C=C/C)C(=O)N1. The van der Waals surface area contributed by atoms with Crippen LogP contribution in [-0.4, -0.2) is 138 Å². The highest BCUT2D eigenvalue weighted by molar-refractivity contribution is 5.98. The maximum absolute atomic E-state index is 15.4. The van der Waals surface area contributed by atoms with Crippen LogP contribution in [0.15, 0.2) is 61.0 Å². The number of aromatic nitrogens is 1. The number of hydrogen-bond acceptors (Lipinski definition) is 11. The van der Waals surface area contributed by atoms with Gasteiger partial charge in [-0.25, -0.2) is 4.39 Å². The third kappa shape index (κ3) is 20.1. The van der Waals surface area contributed by atoms with E-state index in [9.17, 15) is 38.4 Å². The standard InChI is InChI=1S/C52H77FN16O8/c1-5-6-7-15-35-31(3)62-29-34(35)28-42-47(74)64-37(30(2)54)17-10-23-59-44(71)22-21-40(66-45(72)38(63-32(4)70)18-11-24-60-51(55)56)50(77)69-26-13-20-43(69)49(76)68-41(27-33-14-8-9-16-36(33)53)48(75)65-39(46(73)67-42)19-12-25-61-52(57)58/h5-9,14-16,29,37-43,62H,2,10-13,17-28,54H2,1,3-4H3,(H,59,71)(H,63,70)(H,64,74)(H,65,75)(H,66,72)(H,67,73)(H,68,76)(H4,55,56,60)(H4,57,58,61)/b6-5-,15-7-/t37?,38-,39-,40-,41+,42-,43-/m0/s1. The molecular formula is C52H77FN16O8. The van der Waals surface area contributed by atoms with Crippen LogP contribution in [0.2, 0.25) is 0 Å². The summed E-state index contributed by atoms with van der Waals surface area (Å²) in [4.78, 5) is 117. The first kappa shape index (κ1) is 61.3. The molecule has 0 radical (unpaired) electrons. The number of rotatable bonds is 18. The molecule has 4 rings (SSSR count). The molecule has 2 aromatic rings. The van der Waals surface area contributed by atoms with Crippen molar-refractivity contribution in [2.45, 2.75) is 140 Å². The number of benzene rings is 1. The smallest absolute Gasteiger partial charge is 0.245 e. The quantitative estimate of drug-likeness (QED) is 0.0386. The lowest BCUT2D eigenvalue weighted by Gasteiger charge is -2.31. The van der Waals surface area contributed by atoms with Crippen LogP contribution >= 0.6 is 0 Å². The molecule has 1 unspecified atom stereocenters. The van der Waals surface area contributed by atoms with Crippen LogP contribution in [0.25, 0.3) is 6.08 Å². The number of halogens is 1. The molecular weight excluding hydrogens is 996 g/mol. The Morgan fingerprint density at radius 1 is 0.844 bits per heavy atom. The van der Waals surface area contributed by atoms with Gasteiger partial charge in [-0.1, -0.05) is 49.1 Å². The van der Waals surface area contributed by atoms with Gasteiger partial charge in [-0.3, -0.25) is 49.2 Å². The highest BCUT2D eigenvalue weighted by Gasteiger charge is 2.40. The maximum Gasteiger partial charge on any atom is 0.245 e. The number of fused-ring (bicyclic) bond motifs is 1. The fraction of sp³-hybridized carbons (Fsp3) is 0.500. The monoisotopic (exact) mass is 1070 g/mol. The molecule has 7 atom stereocenters. The van der Waals surface area contributed by atoms with E-state index in [1.54, 1.807) is 12.3 Å². The molecule has 0 spiro atoms. The summed E-state index contributed by atoms with van der Waals surface area (Å²) in [6.45, 7) is 9.25. The Morgan fingerprint density at radius 2 is 1.48 bits per heavy atom. The highest BCUT2D eigenvalue weighted by atomic mass is 19.1. The van der Waals surface area contributed by atoms with Gasteiger partial charge in [-0.15, -0.1) is 0 Å². The molecule has 1 aromatic carbocycles. The molecule has 2 aliphatic rings. The number of aryl methyl sites for hydroxylation is 1. The van der Waals surface area contributed by atoms with Crippen LogP contribution in [0.5, 0.6) is 0 Å². The summed E-state index contributed by atoms with van der Waals surface area (Å²) in [5.74, 6) is -6.98. The number of amides is 8. The zero-order valence-electron chi connectivity index (χ0n) is 44.1. The van der Waals surface area contributed by atoms with Gasteiger partial charge in [0, 0.05) is 70.0 Å². The lowest BCUT2D eigenvalue weighted by atomic mass is 10.00. The third-order valence-corrected chi connectivity index (χ3v) is 13.0.